The average Bonchev–Trinajstić information content (AvgIpc) is 2.54. The second-order valence-corrected chi connectivity index (χ2v) is 5.48. The smallest absolute Gasteiger partial charge is 0.193 e. The molecule has 0 fully saturated rings. The maximum absolute atomic E-state index is 6.10. The van der Waals surface area contributed by atoms with E-state index in [1.165, 1.54) is 0 Å². The maximum atomic E-state index is 6.10. The van der Waals surface area contributed by atoms with Crippen LogP contribution in [0, 0.1) is 0 Å². The van der Waals surface area contributed by atoms with Gasteiger partial charge in [0.15, 0.2) is 17.5 Å². The van der Waals surface area contributed by atoms with Gasteiger partial charge in [0.05, 0.1) is 20.8 Å². The third-order valence-corrected chi connectivity index (χ3v) is 3.68. The lowest BCUT2D eigenvalue weighted by atomic mass is 10.2. The van der Waals surface area contributed by atoms with Gasteiger partial charge < -0.3 is 20.5 Å². The number of hydrogen-bond donors (Lipinski definition) is 2. The van der Waals surface area contributed by atoms with Crippen molar-refractivity contribution in [1.82, 2.24) is 0 Å². The minimum atomic E-state index is 0. The monoisotopic (exact) mass is 481 g/mol. The number of ether oxygens (including phenoxy) is 2. The topological polar surface area (TPSA) is 68.9 Å². The van der Waals surface area contributed by atoms with Crippen LogP contribution in [0.5, 0.6) is 11.5 Å². The van der Waals surface area contributed by atoms with Crippen LogP contribution in [0.4, 0.5) is 5.69 Å². The first-order valence-corrected chi connectivity index (χ1v) is 7.52. The number of benzene rings is 2. The summed E-state index contributed by atoms with van der Waals surface area (Å²) in [5, 5.41) is 4.13. The molecule has 0 atom stereocenters. The molecular formula is C16H18Cl2IN3O2. The SMILES string of the molecule is COc1ccc(NC(N)=NCc2ccc(Cl)cc2Cl)cc1OC.I. The van der Waals surface area contributed by atoms with Crippen molar-refractivity contribution >= 4 is 58.8 Å². The molecule has 5 nitrogen and oxygen atoms in total. The Balaban J connectivity index is 0.00000288. The fourth-order valence-electron chi connectivity index (χ4n) is 1.92. The average molecular weight is 482 g/mol. The predicted octanol–water partition coefficient (Wildman–Crippen LogP) is 4.56. The van der Waals surface area contributed by atoms with Crippen LogP contribution in [0.15, 0.2) is 41.4 Å². The molecule has 0 aromatic heterocycles. The van der Waals surface area contributed by atoms with Crippen molar-refractivity contribution in [3.8, 4) is 11.5 Å². The number of rotatable bonds is 5. The fourth-order valence-corrected chi connectivity index (χ4v) is 2.39. The number of guanidine groups is 1. The normalized spacial score (nSPS) is 10.8. The standard InChI is InChI=1S/C16H17Cl2N3O2.HI/c1-22-14-6-5-12(8-15(14)23-2)21-16(19)20-9-10-3-4-11(17)7-13(10)18;/h3-8H,9H2,1-2H3,(H3,19,20,21);1H. The van der Waals surface area contributed by atoms with Crippen LogP contribution in [-0.4, -0.2) is 20.2 Å². The lowest BCUT2D eigenvalue weighted by Gasteiger charge is -2.11. The molecule has 0 amide bonds. The fraction of sp³-hybridized carbons (Fsp3) is 0.188. The Morgan fingerprint density at radius 3 is 2.42 bits per heavy atom. The summed E-state index contributed by atoms with van der Waals surface area (Å²) in [4.78, 5) is 4.26. The number of aliphatic imine (C=N–C) groups is 1. The molecule has 8 heteroatoms. The van der Waals surface area contributed by atoms with E-state index in [1.54, 1.807) is 38.5 Å². The maximum Gasteiger partial charge on any atom is 0.193 e. The highest BCUT2D eigenvalue weighted by Crippen LogP contribution is 2.29. The van der Waals surface area contributed by atoms with Crippen molar-refractivity contribution in [1.29, 1.82) is 0 Å². The second-order valence-electron chi connectivity index (χ2n) is 4.63. The zero-order valence-corrected chi connectivity index (χ0v) is 17.0. The Labute approximate surface area is 168 Å². The zero-order valence-electron chi connectivity index (χ0n) is 13.2. The minimum Gasteiger partial charge on any atom is -0.493 e. The first-order chi connectivity index (χ1) is 11.0. The molecule has 0 aliphatic heterocycles. The van der Waals surface area contributed by atoms with Gasteiger partial charge in [-0.3, -0.25) is 0 Å². The number of anilines is 1. The molecule has 0 saturated carbocycles. The van der Waals surface area contributed by atoms with Gasteiger partial charge in [-0.25, -0.2) is 4.99 Å². The number of nitrogens with one attached hydrogen (secondary N) is 1. The Bertz CT molecular complexity index is 726. The van der Waals surface area contributed by atoms with Gasteiger partial charge in [-0.05, 0) is 29.8 Å². The van der Waals surface area contributed by atoms with Crippen molar-refractivity contribution < 1.29 is 9.47 Å². The van der Waals surface area contributed by atoms with E-state index in [0.717, 1.165) is 11.3 Å². The molecule has 0 aliphatic carbocycles. The van der Waals surface area contributed by atoms with Gasteiger partial charge in [0.1, 0.15) is 0 Å². The summed E-state index contributed by atoms with van der Waals surface area (Å²) in [6.07, 6.45) is 0. The van der Waals surface area contributed by atoms with Gasteiger partial charge in [-0.15, -0.1) is 24.0 Å². The van der Waals surface area contributed by atoms with E-state index in [0.29, 0.717) is 28.1 Å². The van der Waals surface area contributed by atoms with Crippen molar-refractivity contribution in [2.75, 3.05) is 19.5 Å². The lowest BCUT2D eigenvalue weighted by molar-refractivity contribution is 0.355. The van der Waals surface area contributed by atoms with Gasteiger partial charge in [0, 0.05) is 21.8 Å². The highest BCUT2D eigenvalue weighted by Gasteiger charge is 2.05. The molecule has 2 rings (SSSR count). The molecule has 0 radical (unpaired) electrons. The van der Waals surface area contributed by atoms with Crippen LogP contribution < -0.4 is 20.5 Å². The molecule has 0 aliphatic rings. The summed E-state index contributed by atoms with van der Waals surface area (Å²) in [6, 6.07) is 10.6. The number of nitrogens with zero attached hydrogens (tertiary/aromatic N) is 1. The number of halogens is 3. The Morgan fingerprint density at radius 1 is 1.08 bits per heavy atom. The summed E-state index contributed by atoms with van der Waals surface area (Å²) in [6.45, 7) is 0.349. The van der Waals surface area contributed by atoms with Crippen molar-refractivity contribution in [2.45, 2.75) is 6.54 Å². The first kappa shape index (κ1) is 20.7. The van der Waals surface area contributed by atoms with E-state index in [-0.39, 0.29) is 29.9 Å². The zero-order chi connectivity index (χ0) is 16.8. The van der Waals surface area contributed by atoms with Gasteiger partial charge in [-0.2, -0.15) is 0 Å². The molecule has 130 valence electrons. The third kappa shape index (κ3) is 5.61. The molecular weight excluding hydrogens is 464 g/mol. The Morgan fingerprint density at radius 2 is 1.79 bits per heavy atom. The summed E-state index contributed by atoms with van der Waals surface area (Å²) in [5.74, 6) is 1.51. The molecule has 0 saturated heterocycles. The Kier molecular flexibility index (Phi) is 8.44. The second kappa shape index (κ2) is 9.80. The molecule has 0 spiro atoms. The lowest BCUT2D eigenvalue weighted by Crippen LogP contribution is -2.22. The Hall–Kier alpha value is -1.38. The third-order valence-electron chi connectivity index (χ3n) is 3.09. The van der Waals surface area contributed by atoms with Crippen molar-refractivity contribution in [3.05, 3.63) is 52.0 Å². The summed E-state index contributed by atoms with van der Waals surface area (Å²) >= 11 is 12.0. The van der Waals surface area contributed by atoms with Crippen molar-refractivity contribution in [2.24, 2.45) is 10.7 Å². The van der Waals surface area contributed by atoms with Gasteiger partial charge in [0.25, 0.3) is 0 Å². The summed E-state index contributed by atoms with van der Waals surface area (Å²) < 4.78 is 10.4. The molecule has 0 heterocycles. The van der Waals surface area contributed by atoms with E-state index in [9.17, 15) is 0 Å². The summed E-state index contributed by atoms with van der Waals surface area (Å²) in [7, 11) is 3.15. The van der Waals surface area contributed by atoms with Gasteiger partial charge in [0.2, 0.25) is 0 Å². The minimum absolute atomic E-state index is 0. The van der Waals surface area contributed by atoms with E-state index in [4.69, 9.17) is 38.4 Å². The molecule has 2 aromatic carbocycles. The summed E-state index contributed by atoms with van der Waals surface area (Å²) in [5.41, 5.74) is 7.48. The van der Waals surface area contributed by atoms with Crippen LogP contribution in [0.2, 0.25) is 10.0 Å². The molecule has 0 bridgehead atoms. The highest BCUT2D eigenvalue weighted by molar-refractivity contribution is 14.0. The van der Waals surface area contributed by atoms with Crippen LogP contribution >= 0.6 is 47.2 Å². The van der Waals surface area contributed by atoms with Gasteiger partial charge >= 0.3 is 0 Å². The van der Waals surface area contributed by atoms with Crippen molar-refractivity contribution in [3.63, 3.8) is 0 Å². The number of methoxy groups -OCH3 is 2. The first-order valence-electron chi connectivity index (χ1n) is 6.76. The van der Waals surface area contributed by atoms with Crippen LogP contribution in [0.3, 0.4) is 0 Å². The molecule has 0 unspecified atom stereocenters. The predicted molar refractivity (Wildman–Crippen MR) is 110 cm³/mol. The van der Waals surface area contributed by atoms with E-state index in [2.05, 4.69) is 10.3 Å². The van der Waals surface area contributed by atoms with Crippen LogP contribution in [0.25, 0.3) is 0 Å². The highest BCUT2D eigenvalue weighted by atomic mass is 127. The van der Waals surface area contributed by atoms with E-state index < -0.39 is 0 Å². The molecule has 3 N–H and O–H groups in total. The van der Waals surface area contributed by atoms with Gasteiger partial charge in [-0.1, -0.05) is 29.3 Å². The van der Waals surface area contributed by atoms with Crippen LogP contribution in [0.1, 0.15) is 5.56 Å². The van der Waals surface area contributed by atoms with Crippen LogP contribution in [-0.2, 0) is 6.54 Å². The van der Waals surface area contributed by atoms with E-state index in [1.807, 2.05) is 12.1 Å². The molecule has 24 heavy (non-hydrogen) atoms. The quantitative estimate of drug-likeness (QED) is 0.373. The largest absolute Gasteiger partial charge is 0.493 e. The number of hydrogen-bond acceptors (Lipinski definition) is 3. The number of nitrogens with two attached hydrogens (primary N) is 1. The molecule has 2 aromatic rings. The van der Waals surface area contributed by atoms with E-state index >= 15 is 0 Å².